The van der Waals surface area contributed by atoms with E-state index in [1.165, 1.54) is 11.1 Å². The maximum atomic E-state index is 14.5. The van der Waals surface area contributed by atoms with E-state index in [1.807, 2.05) is 31.3 Å². The van der Waals surface area contributed by atoms with Crippen LogP contribution in [0.25, 0.3) is 0 Å². The van der Waals surface area contributed by atoms with Crippen molar-refractivity contribution in [1.29, 1.82) is 0 Å². The zero-order valence-corrected chi connectivity index (χ0v) is 26.6. The summed E-state index contributed by atoms with van der Waals surface area (Å²) in [5, 5.41) is 8.54. The van der Waals surface area contributed by atoms with Gasteiger partial charge in [0.15, 0.2) is 0 Å². The van der Waals surface area contributed by atoms with E-state index in [4.69, 9.17) is 27.9 Å². The summed E-state index contributed by atoms with van der Waals surface area (Å²) in [6.07, 6.45) is 0. The Hall–Kier alpha value is -1.32. The van der Waals surface area contributed by atoms with E-state index in [1.54, 1.807) is 11.8 Å². The van der Waals surface area contributed by atoms with E-state index in [9.17, 15) is 4.79 Å². The van der Waals surface area contributed by atoms with Crippen LogP contribution in [0.1, 0.15) is 51.8 Å². The highest BCUT2D eigenvalue weighted by Crippen LogP contribution is 2.55. The number of nitrogens with one attached hydrogen (secondary N) is 2. The number of hydrogen-bond acceptors (Lipinski definition) is 6. The molecule has 3 heterocycles. The summed E-state index contributed by atoms with van der Waals surface area (Å²) in [7, 11) is 1.97. The smallest absolute Gasteiger partial charge is 0.237 e. The van der Waals surface area contributed by atoms with Gasteiger partial charge in [-0.25, -0.2) is 0 Å². The van der Waals surface area contributed by atoms with Gasteiger partial charge in [-0.15, -0.1) is 11.8 Å². The Morgan fingerprint density at radius 1 is 1.10 bits per heavy atom. The number of benzene rings is 2. The second-order valence-corrected chi connectivity index (χ2v) is 14.6. The highest BCUT2D eigenvalue weighted by Gasteiger charge is 2.60. The van der Waals surface area contributed by atoms with Crippen LogP contribution in [0, 0.1) is 11.3 Å². The molecule has 6 nitrogen and oxygen atoms in total. The third-order valence-corrected chi connectivity index (χ3v) is 10.7. The van der Waals surface area contributed by atoms with Crippen LogP contribution in [-0.2, 0) is 15.1 Å². The lowest BCUT2D eigenvalue weighted by molar-refractivity contribution is -0.150. The normalized spacial score (nSPS) is 29.6. The van der Waals surface area contributed by atoms with Gasteiger partial charge in [0.2, 0.25) is 5.91 Å². The first kappa shape index (κ1) is 30.1. The fourth-order valence-corrected chi connectivity index (χ4v) is 8.91. The molecule has 0 spiro atoms. The SMILES string of the molecule is CNCC1(CN(C(=O)C2SC3NC(C)(c4ccc(Cl)cc4)[C@@H](c4ccc(Cl)cc4)N3[C@H]2C(C)C)C(C)C)COC1. The average molecular weight is 606 g/mol. The van der Waals surface area contributed by atoms with Gasteiger partial charge < -0.3 is 15.0 Å². The molecule has 40 heavy (non-hydrogen) atoms. The van der Waals surface area contributed by atoms with Crippen molar-refractivity contribution >= 4 is 40.9 Å². The predicted octanol–water partition coefficient (Wildman–Crippen LogP) is 5.75. The molecule has 218 valence electrons. The summed E-state index contributed by atoms with van der Waals surface area (Å²) in [4.78, 5) is 19.1. The van der Waals surface area contributed by atoms with E-state index in [2.05, 4.69) is 79.3 Å². The van der Waals surface area contributed by atoms with Gasteiger partial charge >= 0.3 is 0 Å². The van der Waals surface area contributed by atoms with Crippen LogP contribution in [0.3, 0.4) is 0 Å². The number of halogens is 2. The minimum atomic E-state index is -0.394. The Morgan fingerprint density at radius 2 is 1.70 bits per heavy atom. The second-order valence-electron chi connectivity index (χ2n) is 12.5. The van der Waals surface area contributed by atoms with Crippen molar-refractivity contribution in [3.8, 4) is 0 Å². The molecule has 0 bridgehead atoms. The quantitative estimate of drug-likeness (QED) is 0.380. The molecule has 1 amide bonds. The van der Waals surface area contributed by atoms with E-state index >= 15 is 0 Å². The molecule has 3 unspecified atom stereocenters. The van der Waals surface area contributed by atoms with Crippen LogP contribution in [0.2, 0.25) is 10.0 Å². The first-order valence-corrected chi connectivity index (χ1v) is 15.9. The van der Waals surface area contributed by atoms with Crippen LogP contribution in [-0.4, -0.2) is 71.9 Å². The third-order valence-electron chi connectivity index (χ3n) is 8.81. The topological polar surface area (TPSA) is 56.8 Å². The number of carbonyl (C=O) groups is 1. The van der Waals surface area contributed by atoms with Gasteiger partial charge in [-0.2, -0.15) is 0 Å². The molecule has 3 saturated heterocycles. The molecular formula is C31H42Cl2N4O2S. The fourth-order valence-electron chi connectivity index (χ4n) is 6.79. The first-order valence-electron chi connectivity index (χ1n) is 14.2. The summed E-state index contributed by atoms with van der Waals surface area (Å²) >= 11 is 14.4. The Kier molecular flexibility index (Phi) is 8.86. The van der Waals surface area contributed by atoms with Gasteiger partial charge in [-0.05, 0) is 69.1 Å². The van der Waals surface area contributed by atoms with Gasteiger partial charge in [0.25, 0.3) is 0 Å². The van der Waals surface area contributed by atoms with Gasteiger partial charge in [0.1, 0.15) is 10.7 Å². The molecule has 2 aromatic rings. The lowest BCUT2D eigenvalue weighted by Crippen LogP contribution is -2.60. The second kappa shape index (κ2) is 11.8. The summed E-state index contributed by atoms with van der Waals surface area (Å²) in [6.45, 7) is 13.9. The molecule has 3 fully saturated rings. The first-order chi connectivity index (χ1) is 19.0. The molecule has 3 aliphatic heterocycles. The number of rotatable bonds is 9. The fraction of sp³-hybridized carbons (Fsp3) is 0.581. The molecule has 2 aromatic carbocycles. The van der Waals surface area contributed by atoms with Crippen molar-refractivity contribution in [2.45, 2.75) is 69.0 Å². The lowest BCUT2D eigenvalue weighted by atomic mass is 9.80. The minimum Gasteiger partial charge on any atom is -0.380 e. The van der Waals surface area contributed by atoms with E-state index in [-0.39, 0.29) is 46.1 Å². The zero-order chi connectivity index (χ0) is 28.8. The summed E-state index contributed by atoms with van der Waals surface area (Å²) in [6, 6.07) is 16.5. The van der Waals surface area contributed by atoms with Crippen LogP contribution in [0.15, 0.2) is 48.5 Å². The number of carbonyl (C=O) groups excluding carboxylic acids is 1. The Morgan fingerprint density at radius 3 is 2.20 bits per heavy atom. The number of nitrogens with zero attached hydrogens (tertiary/aromatic N) is 2. The van der Waals surface area contributed by atoms with Gasteiger partial charge in [-0.3, -0.25) is 15.0 Å². The minimum absolute atomic E-state index is 0.00296. The average Bonchev–Trinajstić information content (AvgIpc) is 3.38. The van der Waals surface area contributed by atoms with Crippen molar-refractivity contribution in [2.24, 2.45) is 11.3 Å². The highest BCUT2D eigenvalue weighted by molar-refractivity contribution is 8.01. The standard InChI is InChI=1S/C31H42Cl2N4O2S/c1-19(2)25-26(28(38)36(20(3)4)16-31(15-34-6)17-39-18-31)40-29-35-30(5,22-9-13-24(33)14-10-22)27(37(25)29)21-7-11-23(32)12-8-21/h7-14,19-20,25-27,29,34-35H,15-18H2,1-6H3/t25-,26?,27+,29?,30?/m0/s1. The van der Waals surface area contributed by atoms with Crippen molar-refractivity contribution in [2.75, 3.05) is 33.4 Å². The van der Waals surface area contributed by atoms with Crippen LogP contribution >= 0.6 is 35.0 Å². The molecule has 0 radical (unpaired) electrons. The molecular weight excluding hydrogens is 563 g/mol. The maximum absolute atomic E-state index is 14.5. The molecule has 2 N–H and O–H groups in total. The summed E-state index contributed by atoms with van der Waals surface area (Å²) in [5.74, 6) is 0.489. The lowest BCUT2D eigenvalue weighted by Gasteiger charge is -2.46. The van der Waals surface area contributed by atoms with Gasteiger partial charge in [0.05, 0.1) is 24.8 Å². The molecule has 0 saturated carbocycles. The number of fused-ring (bicyclic) bond motifs is 1. The van der Waals surface area contributed by atoms with Crippen LogP contribution < -0.4 is 10.6 Å². The van der Waals surface area contributed by atoms with Gasteiger partial charge in [-0.1, -0.05) is 61.3 Å². The van der Waals surface area contributed by atoms with Crippen molar-refractivity contribution in [1.82, 2.24) is 20.4 Å². The van der Waals surface area contributed by atoms with E-state index in [0.29, 0.717) is 24.8 Å². The zero-order valence-electron chi connectivity index (χ0n) is 24.3. The largest absolute Gasteiger partial charge is 0.380 e. The molecule has 9 heteroatoms. The Bertz CT molecular complexity index is 1190. The molecule has 5 atom stereocenters. The maximum Gasteiger partial charge on any atom is 0.237 e. The molecule has 0 aromatic heterocycles. The third kappa shape index (κ3) is 5.44. The molecule has 3 aliphatic rings. The monoisotopic (exact) mass is 604 g/mol. The highest BCUT2D eigenvalue weighted by atomic mass is 35.5. The summed E-state index contributed by atoms with van der Waals surface area (Å²) < 4.78 is 5.62. The predicted molar refractivity (Wildman–Crippen MR) is 166 cm³/mol. The van der Waals surface area contributed by atoms with Crippen molar-refractivity contribution < 1.29 is 9.53 Å². The molecule has 0 aliphatic carbocycles. The summed E-state index contributed by atoms with van der Waals surface area (Å²) in [5.41, 5.74) is 1.90. The van der Waals surface area contributed by atoms with Gasteiger partial charge in [0, 0.05) is 40.6 Å². The van der Waals surface area contributed by atoms with Crippen molar-refractivity contribution in [3.05, 3.63) is 69.7 Å². The molecule has 5 rings (SSSR count). The number of ether oxygens (including phenoxy) is 1. The van der Waals surface area contributed by atoms with Crippen molar-refractivity contribution in [3.63, 3.8) is 0 Å². The van der Waals surface area contributed by atoms with Crippen LogP contribution in [0.5, 0.6) is 0 Å². The van der Waals surface area contributed by atoms with Crippen LogP contribution in [0.4, 0.5) is 0 Å². The van der Waals surface area contributed by atoms with E-state index in [0.717, 1.165) is 11.6 Å². The number of hydrogen-bond donors (Lipinski definition) is 2. The number of thioether (sulfide) groups is 1. The Balaban J connectivity index is 1.51. The number of amides is 1. The van der Waals surface area contributed by atoms with E-state index < -0.39 is 5.54 Å². The Labute approximate surface area is 253 Å².